The standard InChI is InChI=1S/C16H13Cl2NO5/c17-11-2-1-3-12(18)16(11)19-13-7-10(20)5-4-9(13)6-15(23)24-8-14(21)22/h1-5,7,19-20H,6,8H2,(H,21,22). The highest BCUT2D eigenvalue weighted by molar-refractivity contribution is 6.39. The number of anilines is 2. The Kier molecular flexibility index (Phi) is 5.89. The van der Waals surface area contributed by atoms with Crippen LogP contribution in [0.2, 0.25) is 10.0 Å². The van der Waals surface area contributed by atoms with Crippen molar-refractivity contribution in [2.24, 2.45) is 0 Å². The lowest BCUT2D eigenvalue weighted by molar-refractivity contribution is -0.154. The van der Waals surface area contributed by atoms with Gasteiger partial charge in [-0.25, -0.2) is 4.79 Å². The monoisotopic (exact) mass is 369 g/mol. The first-order valence-corrected chi connectivity index (χ1v) is 7.52. The van der Waals surface area contributed by atoms with E-state index in [4.69, 9.17) is 28.3 Å². The maximum absolute atomic E-state index is 11.7. The van der Waals surface area contributed by atoms with E-state index in [0.29, 0.717) is 27.0 Å². The van der Waals surface area contributed by atoms with Crippen LogP contribution in [-0.4, -0.2) is 28.8 Å². The number of carboxylic acid groups (broad SMARTS) is 1. The molecule has 0 spiro atoms. The summed E-state index contributed by atoms with van der Waals surface area (Å²) in [6.07, 6.45) is -0.183. The SMILES string of the molecule is O=C(O)COC(=O)Cc1ccc(O)cc1Nc1c(Cl)cccc1Cl. The third kappa shape index (κ3) is 4.78. The fourth-order valence-corrected chi connectivity index (χ4v) is 2.43. The van der Waals surface area contributed by atoms with Gasteiger partial charge >= 0.3 is 11.9 Å². The summed E-state index contributed by atoms with van der Waals surface area (Å²) >= 11 is 12.2. The Labute approximate surface area is 147 Å². The van der Waals surface area contributed by atoms with E-state index in [1.807, 2.05) is 0 Å². The molecule has 0 radical (unpaired) electrons. The number of nitrogens with one attached hydrogen (secondary N) is 1. The van der Waals surface area contributed by atoms with E-state index >= 15 is 0 Å². The van der Waals surface area contributed by atoms with Gasteiger partial charge < -0.3 is 20.3 Å². The number of halogens is 2. The summed E-state index contributed by atoms with van der Waals surface area (Å²) in [7, 11) is 0. The number of phenols is 1. The van der Waals surface area contributed by atoms with E-state index in [0.717, 1.165) is 0 Å². The van der Waals surface area contributed by atoms with Gasteiger partial charge in [0.05, 0.1) is 22.2 Å². The first kappa shape index (κ1) is 17.9. The van der Waals surface area contributed by atoms with Crippen LogP contribution in [0.25, 0.3) is 0 Å². The fraction of sp³-hybridized carbons (Fsp3) is 0.125. The van der Waals surface area contributed by atoms with Crippen molar-refractivity contribution in [1.29, 1.82) is 0 Å². The lowest BCUT2D eigenvalue weighted by atomic mass is 10.1. The van der Waals surface area contributed by atoms with Crippen LogP contribution in [-0.2, 0) is 20.7 Å². The molecule has 0 unspecified atom stereocenters. The number of hydrogen-bond donors (Lipinski definition) is 3. The Morgan fingerprint density at radius 3 is 2.42 bits per heavy atom. The Balaban J connectivity index is 2.25. The summed E-state index contributed by atoms with van der Waals surface area (Å²) in [6.45, 7) is -0.712. The van der Waals surface area contributed by atoms with Crippen LogP contribution in [0.3, 0.4) is 0 Å². The number of hydrogen-bond acceptors (Lipinski definition) is 5. The highest BCUT2D eigenvalue weighted by Gasteiger charge is 2.14. The Morgan fingerprint density at radius 2 is 1.79 bits per heavy atom. The molecule has 3 N–H and O–H groups in total. The van der Waals surface area contributed by atoms with Crippen molar-refractivity contribution < 1.29 is 24.5 Å². The molecule has 0 atom stereocenters. The summed E-state index contributed by atoms with van der Waals surface area (Å²) in [5, 5.41) is 21.9. The first-order valence-electron chi connectivity index (χ1n) is 6.77. The molecule has 0 fully saturated rings. The number of aromatic hydroxyl groups is 1. The highest BCUT2D eigenvalue weighted by Crippen LogP contribution is 2.34. The van der Waals surface area contributed by atoms with Crippen LogP contribution in [0.1, 0.15) is 5.56 Å². The maximum atomic E-state index is 11.7. The summed E-state index contributed by atoms with van der Waals surface area (Å²) in [6, 6.07) is 9.28. The average Bonchev–Trinajstić information content (AvgIpc) is 2.51. The second-order valence-electron chi connectivity index (χ2n) is 4.79. The summed E-state index contributed by atoms with van der Waals surface area (Å²) in [4.78, 5) is 22.1. The van der Waals surface area contributed by atoms with Crippen molar-refractivity contribution in [3.63, 3.8) is 0 Å². The van der Waals surface area contributed by atoms with Gasteiger partial charge in [0.15, 0.2) is 6.61 Å². The molecule has 0 amide bonds. The van der Waals surface area contributed by atoms with Crippen LogP contribution in [0.15, 0.2) is 36.4 Å². The number of para-hydroxylation sites is 1. The smallest absolute Gasteiger partial charge is 0.341 e. The minimum absolute atomic E-state index is 0.0247. The van der Waals surface area contributed by atoms with Crippen molar-refractivity contribution in [2.75, 3.05) is 11.9 Å². The third-order valence-electron chi connectivity index (χ3n) is 3.01. The van der Waals surface area contributed by atoms with Crippen molar-refractivity contribution in [3.05, 3.63) is 52.0 Å². The number of benzene rings is 2. The molecule has 0 saturated carbocycles. The molecular weight excluding hydrogens is 357 g/mol. The molecular formula is C16H13Cl2NO5. The van der Waals surface area contributed by atoms with Gasteiger partial charge in [-0.1, -0.05) is 35.3 Å². The van der Waals surface area contributed by atoms with Gasteiger partial charge in [-0.2, -0.15) is 0 Å². The molecule has 2 aromatic carbocycles. The van der Waals surface area contributed by atoms with E-state index < -0.39 is 18.5 Å². The second-order valence-corrected chi connectivity index (χ2v) is 5.61. The van der Waals surface area contributed by atoms with Crippen LogP contribution in [0.4, 0.5) is 11.4 Å². The number of carboxylic acids is 1. The zero-order valence-electron chi connectivity index (χ0n) is 12.3. The number of phenolic OH excluding ortho intramolecular Hbond substituents is 1. The van der Waals surface area contributed by atoms with E-state index in [-0.39, 0.29) is 12.2 Å². The predicted octanol–water partition coefficient (Wildman–Crippen LogP) is 3.61. The van der Waals surface area contributed by atoms with Gasteiger partial charge in [-0.15, -0.1) is 0 Å². The zero-order valence-corrected chi connectivity index (χ0v) is 13.8. The summed E-state index contributed by atoms with van der Waals surface area (Å²) < 4.78 is 4.61. The number of aliphatic carboxylic acids is 1. The predicted molar refractivity (Wildman–Crippen MR) is 90.2 cm³/mol. The van der Waals surface area contributed by atoms with Crippen LogP contribution in [0, 0.1) is 0 Å². The molecule has 0 aliphatic carbocycles. The minimum Gasteiger partial charge on any atom is -0.508 e. The molecule has 126 valence electrons. The zero-order chi connectivity index (χ0) is 17.7. The molecule has 0 saturated heterocycles. The van der Waals surface area contributed by atoms with Crippen molar-refractivity contribution in [1.82, 2.24) is 0 Å². The summed E-state index contributed by atoms with van der Waals surface area (Å²) in [5.74, 6) is -1.98. The lowest BCUT2D eigenvalue weighted by Gasteiger charge is -2.14. The number of carbonyl (C=O) groups excluding carboxylic acids is 1. The van der Waals surface area contributed by atoms with Crippen molar-refractivity contribution in [3.8, 4) is 5.75 Å². The minimum atomic E-state index is -1.24. The second kappa shape index (κ2) is 7.90. The van der Waals surface area contributed by atoms with Crippen LogP contribution < -0.4 is 5.32 Å². The van der Waals surface area contributed by atoms with E-state index in [2.05, 4.69) is 10.1 Å². The third-order valence-corrected chi connectivity index (χ3v) is 3.64. The summed E-state index contributed by atoms with van der Waals surface area (Å²) in [5.41, 5.74) is 1.31. The number of carbonyl (C=O) groups is 2. The van der Waals surface area contributed by atoms with Gasteiger partial charge in [-0.3, -0.25) is 4.79 Å². The molecule has 0 aliphatic heterocycles. The largest absolute Gasteiger partial charge is 0.508 e. The van der Waals surface area contributed by atoms with Crippen molar-refractivity contribution >= 4 is 46.5 Å². The molecule has 24 heavy (non-hydrogen) atoms. The Hall–Kier alpha value is -2.44. The Morgan fingerprint density at radius 1 is 1.12 bits per heavy atom. The van der Waals surface area contributed by atoms with E-state index in [9.17, 15) is 14.7 Å². The number of ether oxygens (including phenoxy) is 1. The molecule has 2 aromatic rings. The maximum Gasteiger partial charge on any atom is 0.341 e. The van der Waals surface area contributed by atoms with Crippen LogP contribution >= 0.6 is 23.2 Å². The van der Waals surface area contributed by atoms with Gasteiger partial charge in [0.2, 0.25) is 0 Å². The molecule has 8 heteroatoms. The molecule has 0 heterocycles. The van der Waals surface area contributed by atoms with Gasteiger partial charge in [-0.05, 0) is 23.8 Å². The van der Waals surface area contributed by atoms with Gasteiger partial charge in [0.25, 0.3) is 0 Å². The topological polar surface area (TPSA) is 95.9 Å². The van der Waals surface area contributed by atoms with Gasteiger partial charge in [0, 0.05) is 11.8 Å². The van der Waals surface area contributed by atoms with Gasteiger partial charge in [0.1, 0.15) is 5.75 Å². The molecule has 0 bridgehead atoms. The van der Waals surface area contributed by atoms with E-state index in [1.54, 1.807) is 18.2 Å². The lowest BCUT2D eigenvalue weighted by Crippen LogP contribution is -2.15. The number of rotatable bonds is 6. The van der Waals surface area contributed by atoms with Crippen LogP contribution in [0.5, 0.6) is 5.75 Å². The quantitative estimate of drug-likeness (QED) is 0.673. The molecule has 0 aromatic heterocycles. The molecule has 2 rings (SSSR count). The van der Waals surface area contributed by atoms with E-state index in [1.165, 1.54) is 18.2 Å². The number of esters is 1. The normalized spacial score (nSPS) is 10.2. The average molecular weight is 370 g/mol. The Bertz CT molecular complexity index is 759. The molecule has 0 aliphatic rings. The molecule has 6 nitrogen and oxygen atoms in total. The van der Waals surface area contributed by atoms with Crippen molar-refractivity contribution in [2.45, 2.75) is 6.42 Å². The first-order chi connectivity index (χ1) is 11.4. The highest BCUT2D eigenvalue weighted by atomic mass is 35.5. The fourth-order valence-electron chi connectivity index (χ4n) is 1.94.